The lowest BCUT2D eigenvalue weighted by Crippen LogP contribution is -2.59. The molecule has 0 bridgehead atoms. The zero-order chi connectivity index (χ0) is 14.4. The second-order valence-electron chi connectivity index (χ2n) is 6.96. The highest BCUT2D eigenvalue weighted by atomic mass is 16.5. The largest absolute Gasteiger partial charge is 0.377 e. The highest BCUT2D eigenvalue weighted by Gasteiger charge is 2.29. The molecule has 0 amide bonds. The molecule has 3 heteroatoms. The van der Waals surface area contributed by atoms with Crippen molar-refractivity contribution in [3.63, 3.8) is 0 Å². The summed E-state index contributed by atoms with van der Waals surface area (Å²) < 4.78 is 5.73. The van der Waals surface area contributed by atoms with E-state index < -0.39 is 0 Å². The van der Waals surface area contributed by atoms with Gasteiger partial charge in [-0.1, -0.05) is 27.7 Å². The first-order chi connectivity index (χ1) is 8.90. The minimum absolute atomic E-state index is 0.340. The average molecular weight is 270 g/mol. The van der Waals surface area contributed by atoms with Crippen LogP contribution in [0.4, 0.5) is 0 Å². The predicted molar refractivity (Wildman–Crippen MR) is 82.5 cm³/mol. The SMILES string of the molecule is CC(C)CC1CN(CCOC(C)C)C(C(C)C)CN1. The molecule has 1 aliphatic rings. The molecule has 2 atom stereocenters. The van der Waals surface area contributed by atoms with Gasteiger partial charge in [0, 0.05) is 31.7 Å². The van der Waals surface area contributed by atoms with Crippen LogP contribution in [-0.4, -0.2) is 49.3 Å². The van der Waals surface area contributed by atoms with Crippen LogP contribution < -0.4 is 5.32 Å². The van der Waals surface area contributed by atoms with Gasteiger partial charge in [0.1, 0.15) is 0 Å². The lowest BCUT2D eigenvalue weighted by atomic mass is 9.95. The van der Waals surface area contributed by atoms with Gasteiger partial charge < -0.3 is 10.1 Å². The maximum atomic E-state index is 5.73. The Morgan fingerprint density at radius 2 is 1.84 bits per heavy atom. The quantitative estimate of drug-likeness (QED) is 0.770. The van der Waals surface area contributed by atoms with Gasteiger partial charge in [-0.15, -0.1) is 0 Å². The Hall–Kier alpha value is -0.120. The number of rotatable bonds is 7. The predicted octanol–water partition coefficient (Wildman–Crippen LogP) is 2.76. The van der Waals surface area contributed by atoms with Crippen LogP contribution in [-0.2, 0) is 4.74 Å². The molecule has 0 radical (unpaired) electrons. The molecule has 0 aromatic heterocycles. The van der Waals surface area contributed by atoms with Gasteiger partial charge in [0.2, 0.25) is 0 Å². The van der Waals surface area contributed by atoms with Crippen molar-refractivity contribution >= 4 is 0 Å². The van der Waals surface area contributed by atoms with Gasteiger partial charge in [0.05, 0.1) is 12.7 Å². The summed E-state index contributed by atoms with van der Waals surface area (Å²) in [6.07, 6.45) is 1.61. The third-order valence-electron chi connectivity index (χ3n) is 3.89. The second-order valence-corrected chi connectivity index (χ2v) is 6.96. The number of hydrogen-bond acceptors (Lipinski definition) is 3. The van der Waals surface area contributed by atoms with Gasteiger partial charge in [-0.2, -0.15) is 0 Å². The molecule has 19 heavy (non-hydrogen) atoms. The fourth-order valence-electron chi connectivity index (χ4n) is 2.95. The molecule has 0 spiro atoms. The first-order valence-electron chi connectivity index (χ1n) is 7.99. The number of hydrogen-bond donors (Lipinski definition) is 1. The second kappa shape index (κ2) is 8.23. The molecular weight excluding hydrogens is 236 g/mol. The summed E-state index contributed by atoms with van der Waals surface area (Å²) in [7, 11) is 0. The van der Waals surface area contributed by atoms with E-state index in [0.29, 0.717) is 24.1 Å². The van der Waals surface area contributed by atoms with Crippen LogP contribution in [0.15, 0.2) is 0 Å². The Bertz CT molecular complexity index is 241. The van der Waals surface area contributed by atoms with Gasteiger partial charge in [0.15, 0.2) is 0 Å². The van der Waals surface area contributed by atoms with Gasteiger partial charge in [-0.3, -0.25) is 4.90 Å². The molecule has 2 unspecified atom stereocenters. The van der Waals surface area contributed by atoms with Crippen LogP contribution in [0.5, 0.6) is 0 Å². The van der Waals surface area contributed by atoms with E-state index in [1.807, 2.05) is 0 Å². The summed E-state index contributed by atoms with van der Waals surface area (Å²) in [6.45, 7) is 17.7. The van der Waals surface area contributed by atoms with Crippen molar-refractivity contribution in [2.45, 2.75) is 66.2 Å². The lowest BCUT2D eigenvalue weighted by Gasteiger charge is -2.43. The van der Waals surface area contributed by atoms with Crippen LogP contribution in [0.1, 0.15) is 48.0 Å². The van der Waals surface area contributed by atoms with Crippen LogP contribution >= 0.6 is 0 Å². The minimum atomic E-state index is 0.340. The highest BCUT2D eigenvalue weighted by molar-refractivity contribution is 4.88. The number of piperazine rings is 1. The van der Waals surface area contributed by atoms with Gasteiger partial charge >= 0.3 is 0 Å². The summed E-state index contributed by atoms with van der Waals surface area (Å²) in [5, 5.41) is 3.73. The number of nitrogens with zero attached hydrogens (tertiary/aromatic N) is 1. The smallest absolute Gasteiger partial charge is 0.0597 e. The number of nitrogens with one attached hydrogen (secondary N) is 1. The van der Waals surface area contributed by atoms with E-state index >= 15 is 0 Å². The summed E-state index contributed by atoms with van der Waals surface area (Å²) in [5.41, 5.74) is 0. The molecule has 0 saturated carbocycles. The fraction of sp³-hybridized carbons (Fsp3) is 1.00. The molecule has 0 aliphatic carbocycles. The Labute approximate surface area is 120 Å². The summed E-state index contributed by atoms with van der Waals surface area (Å²) in [5.74, 6) is 1.47. The third-order valence-corrected chi connectivity index (χ3v) is 3.89. The third kappa shape index (κ3) is 6.24. The molecule has 1 heterocycles. The van der Waals surface area contributed by atoms with Gasteiger partial charge in [-0.05, 0) is 32.1 Å². The van der Waals surface area contributed by atoms with Crippen molar-refractivity contribution < 1.29 is 4.74 Å². The lowest BCUT2D eigenvalue weighted by molar-refractivity contribution is 0.0254. The Balaban J connectivity index is 2.47. The summed E-state index contributed by atoms with van der Waals surface area (Å²) in [4.78, 5) is 2.64. The Morgan fingerprint density at radius 3 is 2.37 bits per heavy atom. The van der Waals surface area contributed by atoms with Gasteiger partial charge in [-0.25, -0.2) is 0 Å². The fourth-order valence-corrected chi connectivity index (χ4v) is 2.95. The van der Waals surface area contributed by atoms with Gasteiger partial charge in [0.25, 0.3) is 0 Å². The molecular formula is C16H34N2O. The van der Waals surface area contributed by atoms with E-state index in [1.54, 1.807) is 0 Å². The molecule has 3 nitrogen and oxygen atoms in total. The van der Waals surface area contributed by atoms with E-state index in [0.717, 1.165) is 25.6 Å². The van der Waals surface area contributed by atoms with E-state index in [2.05, 4.69) is 51.8 Å². The first kappa shape index (κ1) is 16.9. The minimum Gasteiger partial charge on any atom is -0.377 e. The van der Waals surface area contributed by atoms with E-state index in [1.165, 1.54) is 13.0 Å². The normalized spacial score (nSPS) is 25.7. The molecule has 1 fully saturated rings. The van der Waals surface area contributed by atoms with Crippen molar-refractivity contribution in [2.75, 3.05) is 26.2 Å². The molecule has 0 aromatic carbocycles. The van der Waals surface area contributed by atoms with Crippen LogP contribution in [0.25, 0.3) is 0 Å². The highest BCUT2D eigenvalue weighted by Crippen LogP contribution is 2.18. The van der Waals surface area contributed by atoms with Crippen molar-refractivity contribution in [3.05, 3.63) is 0 Å². The Kier molecular flexibility index (Phi) is 7.33. The molecule has 1 rings (SSSR count). The van der Waals surface area contributed by atoms with Crippen molar-refractivity contribution in [3.8, 4) is 0 Å². The molecule has 1 N–H and O–H groups in total. The monoisotopic (exact) mass is 270 g/mol. The topological polar surface area (TPSA) is 24.5 Å². The van der Waals surface area contributed by atoms with E-state index in [4.69, 9.17) is 4.74 Å². The average Bonchev–Trinajstić information content (AvgIpc) is 2.27. The Morgan fingerprint density at radius 1 is 1.16 bits per heavy atom. The van der Waals surface area contributed by atoms with Crippen LogP contribution in [0.2, 0.25) is 0 Å². The van der Waals surface area contributed by atoms with Crippen LogP contribution in [0.3, 0.4) is 0 Å². The molecule has 114 valence electrons. The zero-order valence-electron chi connectivity index (χ0n) is 13.8. The van der Waals surface area contributed by atoms with Crippen molar-refractivity contribution in [1.82, 2.24) is 10.2 Å². The van der Waals surface area contributed by atoms with E-state index in [9.17, 15) is 0 Å². The standard InChI is InChI=1S/C16H34N2O/c1-12(2)9-15-11-18(7-8-19-14(5)6)16(10-17-15)13(3)4/h12-17H,7-11H2,1-6H3. The summed E-state index contributed by atoms with van der Waals surface area (Å²) >= 11 is 0. The summed E-state index contributed by atoms with van der Waals surface area (Å²) in [6, 6.07) is 1.30. The van der Waals surface area contributed by atoms with Crippen LogP contribution in [0, 0.1) is 11.8 Å². The first-order valence-corrected chi connectivity index (χ1v) is 7.99. The maximum Gasteiger partial charge on any atom is 0.0597 e. The maximum absolute atomic E-state index is 5.73. The van der Waals surface area contributed by atoms with Crippen molar-refractivity contribution in [2.24, 2.45) is 11.8 Å². The number of ether oxygens (including phenoxy) is 1. The zero-order valence-corrected chi connectivity index (χ0v) is 13.8. The molecule has 0 aromatic rings. The molecule has 1 aliphatic heterocycles. The molecule has 1 saturated heterocycles. The van der Waals surface area contributed by atoms with E-state index in [-0.39, 0.29) is 0 Å². The van der Waals surface area contributed by atoms with Crippen molar-refractivity contribution in [1.29, 1.82) is 0 Å².